The smallest absolute Gasteiger partial charge is 0.296 e. The lowest BCUT2D eigenvalue weighted by molar-refractivity contribution is 0.180. The first-order valence-corrected chi connectivity index (χ1v) is 8.69. The molecule has 0 aromatic carbocycles. The summed E-state index contributed by atoms with van der Waals surface area (Å²) in [6.07, 6.45) is 2.44. The highest BCUT2D eigenvalue weighted by Gasteiger charge is 2.33. The molecular weight excluding hydrogens is 269 g/mol. The molecule has 0 radical (unpaired) electrons. The Morgan fingerprint density at radius 1 is 1.12 bits per heavy atom. The summed E-state index contributed by atoms with van der Waals surface area (Å²) in [4.78, 5) is 0. The van der Waals surface area contributed by atoms with Crippen molar-refractivity contribution < 1.29 is 13.6 Å². The molecule has 0 unspecified atom stereocenters. The van der Waals surface area contributed by atoms with E-state index in [1.54, 1.807) is 0 Å². The predicted molar refractivity (Wildman–Crippen MR) is 70.5 cm³/mol. The van der Waals surface area contributed by atoms with Gasteiger partial charge >= 0.3 is 7.75 Å². The number of hydrogen-bond donors (Lipinski definition) is 0. The highest BCUT2D eigenvalue weighted by Crippen LogP contribution is 2.56. The topological polar surface area (TPSA) is 38.8 Å². The first kappa shape index (κ1) is 16.8. The zero-order valence-corrected chi connectivity index (χ0v) is 12.6. The fraction of sp³-hybridized carbons (Fsp3) is 1.00. The lowest BCUT2D eigenvalue weighted by atomic mass is 10.5. The van der Waals surface area contributed by atoms with Crippen molar-refractivity contribution in [2.75, 3.05) is 19.8 Å². The van der Waals surface area contributed by atoms with Gasteiger partial charge < -0.3 is 0 Å². The van der Waals surface area contributed by atoms with Gasteiger partial charge in [-0.3, -0.25) is 9.05 Å². The van der Waals surface area contributed by atoms with E-state index >= 15 is 0 Å². The van der Waals surface area contributed by atoms with E-state index in [4.69, 9.17) is 19.7 Å². The van der Waals surface area contributed by atoms with Gasteiger partial charge in [0.15, 0.2) is 0 Å². The van der Waals surface area contributed by atoms with Gasteiger partial charge in [0.2, 0.25) is 0 Å². The zero-order chi connectivity index (χ0) is 12.4. The first-order chi connectivity index (χ1) is 7.64. The summed E-state index contributed by atoms with van der Waals surface area (Å²) in [5.41, 5.74) is 0. The molecule has 0 heterocycles. The Balaban J connectivity index is 4.52. The Kier molecular flexibility index (Phi) is 10.2. The first-order valence-electron chi connectivity index (χ1n) is 5.60. The second-order valence-electron chi connectivity index (χ2n) is 3.28. The van der Waals surface area contributed by atoms with Gasteiger partial charge in [-0.25, -0.2) is 4.57 Å². The molecule has 0 saturated carbocycles. The molecule has 0 bridgehead atoms. The second-order valence-corrected chi connectivity index (χ2v) is 6.48. The SMILES string of the molecule is CCCOP(=O)(OCCC)N(CCC)SCl. The standard InChI is InChI=1S/C9H21ClNO3PS/c1-4-7-11(16-10)15(12,13-8-5-2)14-9-6-3/h4-9H2,1-3H3. The highest BCUT2D eigenvalue weighted by molar-refractivity contribution is 8.21. The Morgan fingerprint density at radius 3 is 1.94 bits per heavy atom. The average Bonchev–Trinajstić information content (AvgIpc) is 2.30. The summed E-state index contributed by atoms with van der Waals surface area (Å²) in [6, 6.07) is 0. The van der Waals surface area contributed by atoms with Crippen molar-refractivity contribution in [2.45, 2.75) is 40.0 Å². The van der Waals surface area contributed by atoms with Crippen LogP contribution < -0.4 is 0 Å². The molecule has 16 heavy (non-hydrogen) atoms. The third-order valence-corrected chi connectivity index (χ3v) is 5.42. The van der Waals surface area contributed by atoms with Gasteiger partial charge in [0.1, 0.15) is 0 Å². The maximum Gasteiger partial charge on any atom is 0.418 e. The monoisotopic (exact) mass is 289 g/mol. The second kappa shape index (κ2) is 9.75. The van der Waals surface area contributed by atoms with E-state index in [-0.39, 0.29) is 0 Å². The van der Waals surface area contributed by atoms with E-state index in [9.17, 15) is 4.57 Å². The van der Waals surface area contributed by atoms with E-state index in [2.05, 4.69) is 0 Å². The zero-order valence-electron chi connectivity index (χ0n) is 10.1. The van der Waals surface area contributed by atoms with E-state index in [0.29, 0.717) is 19.8 Å². The minimum Gasteiger partial charge on any atom is -0.296 e. The largest absolute Gasteiger partial charge is 0.418 e. The molecule has 0 atom stereocenters. The number of hydrogen-bond acceptors (Lipinski definition) is 4. The van der Waals surface area contributed by atoms with Gasteiger partial charge in [0.05, 0.1) is 13.2 Å². The minimum absolute atomic E-state index is 0.415. The van der Waals surface area contributed by atoms with Crippen LogP contribution in [0.1, 0.15) is 40.0 Å². The molecule has 0 fully saturated rings. The fourth-order valence-electron chi connectivity index (χ4n) is 0.965. The number of rotatable bonds is 10. The van der Waals surface area contributed by atoms with Crippen LogP contribution in [0.2, 0.25) is 0 Å². The van der Waals surface area contributed by atoms with Crippen molar-refractivity contribution in [3.05, 3.63) is 0 Å². The number of halogens is 1. The molecular formula is C9H21ClNO3PS. The average molecular weight is 290 g/mol. The summed E-state index contributed by atoms with van der Waals surface area (Å²) in [5.74, 6) is 0. The molecule has 98 valence electrons. The maximum atomic E-state index is 12.4. The molecule has 0 aliphatic heterocycles. The lowest BCUT2D eigenvalue weighted by Gasteiger charge is -2.26. The van der Waals surface area contributed by atoms with Crippen LogP contribution in [-0.4, -0.2) is 23.8 Å². The van der Waals surface area contributed by atoms with Crippen molar-refractivity contribution in [1.82, 2.24) is 4.08 Å². The normalized spacial score (nSPS) is 12.3. The molecule has 0 aliphatic carbocycles. The molecule has 0 amide bonds. The Hall–Kier alpha value is 0.750. The summed E-state index contributed by atoms with van der Waals surface area (Å²) in [5, 5.41) is 0. The van der Waals surface area contributed by atoms with E-state index < -0.39 is 7.75 Å². The molecule has 0 rings (SSSR count). The third-order valence-electron chi connectivity index (χ3n) is 1.68. The minimum atomic E-state index is -3.21. The fourth-order valence-corrected chi connectivity index (χ4v) is 4.29. The maximum absolute atomic E-state index is 12.4. The van der Waals surface area contributed by atoms with Crippen LogP contribution in [0.15, 0.2) is 0 Å². The number of nitrogens with zero attached hydrogens (tertiary/aromatic N) is 1. The van der Waals surface area contributed by atoms with Crippen LogP contribution >= 0.6 is 29.6 Å². The van der Waals surface area contributed by atoms with Gasteiger partial charge in [-0.2, -0.15) is 0 Å². The van der Waals surface area contributed by atoms with Gasteiger partial charge in [-0.1, -0.05) is 20.8 Å². The van der Waals surface area contributed by atoms with Crippen LogP contribution in [0.5, 0.6) is 0 Å². The third kappa shape index (κ3) is 5.89. The quantitative estimate of drug-likeness (QED) is 0.438. The Morgan fingerprint density at radius 2 is 1.62 bits per heavy atom. The molecule has 7 heteroatoms. The summed E-state index contributed by atoms with van der Waals surface area (Å²) >= 11 is 0.895. The Labute approximate surface area is 107 Å². The van der Waals surface area contributed by atoms with Crippen molar-refractivity contribution >= 4 is 29.6 Å². The lowest BCUT2D eigenvalue weighted by Crippen LogP contribution is -2.16. The van der Waals surface area contributed by atoms with Crippen LogP contribution in [0.4, 0.5) is 0 Å². The van der Waals surface area contributed by atoms with Gasteiger partial charge in [-0.05, 0) is 29.9 Å². The van der Waals surface area contributed by atoms with Crippen LogP contribution in [0, 0.1) is 0 Å². The molecule has 0 aliphatic rings. The molecule has 0 spiro atoms. The highest BCUT2D eigenvalue weighted by atomic mass is 35.7. The van der Waals surface area contributed by atoms with Gasteiger partial charge in [0, 0.05) is 17.7 Å². The van der Waals surface area contributed by atoms with Crippen molar-refractivity contribution in [1.29, 1.82) is 0 Å². The van der Waals surface area contributed by atoms with Crippen LogP contribution in [0.3, 0.4) is 0 Å². The van der Waals surface area contributed by atoms with Crippen molar-refractivity contribution in [3.8, 4) is 0 Å². The van der Waals surface area contributed by atoms with E-state index in [1.807, 2.05) is 20.8 Å². The molecule has 0 aromatic rings. The summed E-state index contributed by atoms with van der Waals surface area (Å²) < 4.78 is 24.6. The van der Waals surface area contributed by atoms with Crippen LogP contribution in [0.25, 0.3) is 0 Å². The van der Waals surface area contributed by atoms with Crippen molar-refractivity contribution in [3.63, 3.8) is 0 Å². The summed E-state index contributed by atoms with van der Waals surface area (Å²) in [6.45, 7) is 7.32. The molecule has 0 aromatic heterocycles. The summed E-state index contributed by atoms with van der Waals surface area (Å²) in [7, 11) is 2.48. The van der Waals surface area contributed by atoms with E-state index in [1.165, 1.54) is 4.08 Å². The van der Waals surface area contributed by atoms with E-state index in [0.717, 1.165) is 30.4 Å². The molecule has 4 nitrogen and oxygen atoms in total. The molecule has 0 saturated heterocycles. The van der Waals surface area contributed by atoms with Crippen molar-refractivity contribution in [2.24, 2.45) is 0 Å². The van der Waals surface area contributed by atoms with Gasteiger partial charge in [0.25, 0.3) is 0 Å². The van der Waals surface area contributed by atoms with Crippen LogP contribution in [-0.2, 0) is 13.6 Å². The Bertz CT molecular complexity index is 209. The molecule has 0 N–H and O–H groups in total. The predicted octanol–water partition coefficient (Wildman–Crippen LogP) is 4.46. The van der Waals surface area contributed by atoms with Gasteiger partial charge in [-0.15, -0.1) is 4.08 Å².